The normalized spacial score (nSPS) is 19.4. The fraction of sp³-hybridized carbons (Fsp3) is 0.294. The summed E-state index contributed by atoms with van der Waals surface area (Å²) in [6.45, 7) is -0.724. The summed E-state index contributed by atoms with van der Waals surface area (Å²) < 4.78 is 81.7. The number of rotatable bonds is 2. The summed E-state index contributed by atoms with van der Waals surface area (Å²) in [5.74, 6) is -5.66. The van der Waals surface area contributed by atoms with Gasteiger partial charge in [-0.3, -0.25) is 0 Å². The van der Waals surface area contributed by atoms with Gasteiger partial charge in [-0.1, -0.05) is 18.2 Å². The molecule has 0 radical (unpaired) electrons. The monoisotopic (exact) mass is 346 g/mol. The first kappa shape index (κ1) is 16.8. The average Bonchev–Trinajstić information content (AvgIpc) is 2.77. The minimum absolute atomic E-state index is 0.0813. The fourth-order valence-corrected chi connectivity index (χ4v) is 3.18. The first-order chi connectivity index (χ1) is 11.1. The van der Waals surface area contributed by atoms with Gasteiger partial charge < -0.3 is 5.11 Å². The Balaban J connectivity index is 2.21. The third-order valence-corrected chi connectivity index (χ3v) is 4.26. The molecular weight excluding hydrogens is 334 g/mol. The second-order valence-corrected chi connectivity index (χ2v) is 5.74. The molecule has 0 saturated carbocycles. The van der Waals surface area contributed by atoms with Crippen LogP contribution < -0.4 is 0 Å². The Morgan fingerprint density at radius 2 is 1.75 bits per heavy atom. The molecule has 24 heavy (non-hydrogen) atoms. The predicted octanol–water partition coefficient (Wildman–Crippen LogP) is 4.96. The molecule has 0 aromatic heterocycles. The van der Waals surface area contributed by atoms with Gasteiger partial charge in [0, 0.05) is 23.5 Å². The zero-order valence-electron chi connectivity index (χ0n) is 12.2. The maximum absolute atomic E-state index is 14.2. The number of halogens is 6. The van der Waals surface area contributed by atoms with Crippen LogP contribution in [0.25, 0.3) is 0 Å². The Labute approximate surface area is 133 Å². The molecule has 1 N–H and O–H groups in total. The number of hydrogen-bond donors (Lipinski definition) is 1. The molecule has 0 unspecified atom stereocenters. The topological polar surface area (TPSA) is 20.2 Å². The molecule has 0 fully saturated rings. The average molecular weight is 346 g/mol. The molecule has 0 spiro atoms. The van der Waals surface area contributed by atoms with Crippen LogP contribution in [-0.4, -0.2) is 5.11 Å². The lowest BCUT2D eigenvalue weighted by molar-refractivity contribution is -0.138. The SMILES string of the molecule is OCc1cc2c(cc1F)C(F)(F)C[C@@H]2c1ccccc1C(F)(F)F. The van der Waals surface area contributed by atoms with Crippen molar-refractivity contribution in [3.8, 4) is 0 Å². The Morgan fingerprint density at radius 3 is 2.38 bits per heavy atom. The van der Waals surface area contributed by atoms with Gasteiger partial charge in [-0.2, -0.15) is 13.2 Å². The lowest BCUT2D eigenvalue weighted by Crippen LogP contribution is -2.13. The van der Waals surface area contributed by atoms with Crippen molar-refractivity contribution in [1.82, 2.24) is 0 Å². The van der Waals surface area contributed by atoms with E-state index in [-0.39, 0.29) is 16.7 Å². The molecular formula is C17H12F6O. The van der Waals surface area contributed by atoms with E-state index in [2.05, 4.69) is 0 Å². The highest BCUT2D eigenvalue weighted by Gasteiger charge is 2.48. The smallest absolute Gasteiger partial charge is 0.392 e. The second-order valence-electron chi connectivity index (χ2n) is 5.74. The van der Waals surface area contributed by atoms with E-state index in [1.54, 1.807) is 0 Å². The first-order valence-electron chi connectivity index (χ1n) is 7.12. The summed E-state index contributed by atoms with van der Waals surface area (Å²) in [5, 5.41) is 9.11. The lowest BCUT2D eigenvalue weighted by atomic mass is 9.88. The molecule has 0 heterocycles. The molecule has 0 bridgehead atoms. The molecule has 3 rings (SSSR count). The van der Waals surface area contributed by atoms with Crippen LogP contribution >= 0.6 is 0 Å². The van der Waals surface area contributed by atoms with E-state index in [0.717, 1.165) is 18.2 Å². The number of aliphatic hydroxyl groups is 1. The van der Waals surface area contributed by atoms with Crippen LogP contribution in [0.4, 0.5) is 26.3 Å². The van der Waals surface area contributed by atoms with Crippen LogP contribution in [-0.2, 0) is 18.7 Å². The Bertz CT molecular complexity index is 781. The highest BCUT2D eigenvalue weighted by molar-refractivity contribution is 5.49. The zero-order valence-corrected chi connectivity index (χ0v) is 12.2. The molecule has 128 valence electrons. The summed E-state index contributed by atoms with van der Waals surface area (Å²) in [4.78, 5) is 0. The van der Waals surface area contributed by atoms with Crippen molar-refractivity contribution < 1.29 is 31.4 Å². The van der Waals surface area contributed by atoms with Gasteiger partial charge in [0.25, 0.3) is 5.92 Å². The Hall–Kier alpha value is -2.02. The van der Waals surface area contributed by atoms with Crippen LogP contribution in [0.3, 0.4) is 0 Å². The van der Waals surface area contributed by atoms with E-state index >= 15 is 0 Å². The number of hydrogen-bond acceptors (Lipinski definition) is 1. The maximum atomic E-state index is 14.2. The van der Waals surface area contributed by atoms with Crippen LogP contribution in [0.2, 0.25) is 0 Å². The third-order valence-electron chi connectivity index (χ3n) is 4.26. The van der Waals surface area contributed by atoms with E-state index in [1.807, 2.05) is 0 Å². The molecule has 1 nitrogen and oxygen atoms in total. The second kappa shape index (κ2) is 5.51. The van der Waals surface area contributed by atoms with Gasteiger partial charge in [0.05, 0.1) is 12.2 Å². The van der Waals surface area contributed by atoms with Gasteiger partial charge in [-0.05, 0) is 29.3 Å². The third kappa shape index (κ3) is 2.66. The largest absolute Gasteiger partial charge is 0.416 e. The highest BCUT2D eigenvalue weighted by atomic mass is 19.4. The van der Waals surface area contributed by atoms with Gasteiger partial charge in [0.15, 0.2) is 0 Å². The first-order valence-corrected chi connectivity index (χ1v) is 7.12. The molecule has 7 heteroatoms. The standard InChI is InChI=1S/C17H12F6O/c18-15-6-14-11(5-9(15)8-24)12(7-16(14,19)20)10-3-1-2-4-13(10)17(21,22)23/h1-6,12,24H,7-8H2/t12-/m1/s1. The summed E-state index contributed by atoms with van der Waals surface area (Å²) in [5.41, 5.74) is -2.20. The van der Waals surface area contributed by atoms with Crippen LogP contribution in [0.5, 0.6) is 0 Å². The van der Waals surface area contributed by atoms with E-state index in [4.69, 9.17) is 5.11 Å². The van der Waals surface area contributed by atoms with E-state index in [9.17, 15) is 26.3 Å². The number of fused-ring (bicyclic) bond motifs is 1. The van der Waals surface area contributed by atoms with Crippen molar-refractivity contribution in [2.75, 3.05) is 0 Å². The molecule has 1 atom stereocenters. The summed E-state index contributed by atoms with van der Waals surface area (Å²) in [6.07, 6.45) is -5.56. The quantitative estimate of drug-likeness (QED) is 0.762. The van der Waals surface area contributed by atoms with Gasteiger partial charge in [0.1, 0.15) is 5.82 Å². The Morgan fingerprint density at radius 1 is 1.08 bits per heavy atom. The van der Waals surface area contributed by atoms with Crippen LogP contribution in [0.1, 0.15) is 40.2 Å². The highest BCUT2D eigenvalue weighted by Crippen LogP contribution is 2.53. The molecule has 1 aliphatic carbocycles. The van der Waals surface area contributed by atoms with E-state index in [1.165, 1.54) is 12.1 Å². The van der Waals surface area contributed by atoms with Crippen molar-refractivity contribution in [2.45, 2.75) is 31.0 Å². The van der Waals surface area contributed by atoms with Gasteiger partial charge in [-0.25, -0.2) is 13.2 Å². The van der Waals surface area contributed by atoms with Crippen molar-refractivity contribution in [3.63, 3.8) is 0 Å². The molecule has 1 aliphatic rings. The van der Waals surface area contributed by atoms with Crippen LogP contribution in [0, 0.1) is 5.82 Å². The zero-order chi connectivity index (χ0) is 17.7. The number of aliphatic hydroxyl groups excluding tert-OH is 1. The van der Waals surface area contributed by atoms with Crippen molar-refractivity contribution in [3.05, 3.63) is 70.0 Å². The molecule has 0 aliphatic heterocycles. The minimum atomic E-state index is -4.69. The number of benzene rings is 2. The minimum Gasteiger partial charge on any atom is -0.392 e. The summed E-state index contributed by atoms with van der Waals surface area (Å²) >= 11 is 0. The summed E-state index contributed by atoms with van der Waals surface area (Å²) in [7, 11) is 0. The van der Waals surface area contributed by atoms with Crippen molar-refractivity contribution >= 4 is 0 Å². The van der Waals surface area contributed by atoms with E-state index < -0.39 is 48.0 Å². The van der Waals surface area contributed by atoms with Gasteiger partial charge in [-0.15, -0.1) is 0 Å². The van der Waals surface area contributed by atoms with Gasteiger partial charge in [0.2, 0.25) is 0 Å². The summed E-state index contributed by atoms with van der Waals surface area (Å²) in [6, 6.07) is 6.16. The molecule has 2 aromatic carbocycles. The van der Waals surface area contributed by atoms with E-state index in [0.29, 0.717) is 6.07 Å². The Kier molecular flexibility index (Phi) is 3.86. The van der Waals surface area contributed by atoms with Crippen molar-refractivity contribution in [2.24, 2.45) is 0 Å². The molecule has 2 aromatic rings. The van der Waals surface area contributed by atoms with Crippen molar-refractivity contribution in [1.29, 1.82) is 0 Å². The maximum Gasteiger partial charge on any atom is 0.416 e. The van der Waals surface area contributed by atoms with Crippen LogP contribution in [0.15, 0.2) is 36.4 Å². The number of alkyl halides is 5. The molecule has 0 amide bonds. The van der Waals surface area contributed by atoms with Gasteiger partial charge >= 0.3 is 6.18 Å². The lowest BCUT2D eigenvalue weighted by Gasteiger charge is -2.19. The molecule has 0 saturated heterocycles. The fourth-order valence-electron chi connectivity index (χ4n) is 3.18. The predicted molar refractivity (Wildman–Crippen MR) is 74.1 cm³/mol.